The van der Waals surface area contributed by atoms with Crippen molar-refractivity contribution in [2.24, 2.45) is 0 Å². The number of hydrogen-bond donors (Lipinski definition) is 3. The SMILES string of the molecule is CC(C(=O)N[C@@H](Cc1ccc(Cl)c(Cl)c1)C(=O)NCc1ccc(N)nc1)N(C)S(C)(=O)=O. The third-order valence-electron chi connectivity index (χ3n) is 4.82. The number of likely N-dealkylation sites (N-methyl/N-ethyl adjacent to an activating group) is 1. The van der Waals surface area contributed by atoms with Gasteiger partial charge in [-0.25, -0.2) is 13.4 Å². The topological polar surface area (TPSA) is 134 Å². The second kappa shape index (κ2) is 11.0. The Morgan fingerprint density at radius 3 is 2.34 bits per heavy atom. The van der Waals surface area contributed by atoms with Crippen molar-refractivity contribution in [3.63, 3.8) is 0 Å². The zero-order chi connectivity index (χ0) is 24.1. The lowest BCUT2D eigenvalue weighted by Gasteiger charge is -2.25. The van der Waals surface area contributed by atoms with Gasteiger partial charge in [0.2, 0.25) is 21.8 Å². The molecule has 1 aromatic carbocycles. The predicted molar refractivity (Wildman–Crippen MR) is 125 cm³/mol. The summed E-state index contributed by atoms with van der Waals surface area (Å²) in [5.41, 5.74) is 6.95. The molecule has 2 amide bonds. The number of pyridine rings is 1. The van der Waals surface area contributed by atoms with E-state index in [1.807, 2.05) is 0 Å². The van der Waals surface area contributed by atoms with Crippen molar-refractivity contribution >= 4 is 50.9 Å². The molecule has 32 heavy (non-hydrogen) atoms. The van der Waals surface area contributed by atoms with Crippen LogP contribution in [-0.4, -0.2) is 54.9 Å². The number of anilines is 1. The Morgan fingerprint density at radius 1 is 1.12 bits per heavy atom. The average molecular weight is 502 g/mol. The highest BCUT2D eigenvalue weighted by Crippen LogP contribution is 2.23. The Bertz CT molecular complexity index is 1080. The quantitative estimate of drug-likeness (QED) is 0.477. The number of nitrogens with zero attached hydrogens (tertiary/aromatic N) is 2. The van der Waals surface area contributed by atoms with E-state index in [1.165, 1.54) is 20.2 Å². The average Bonchev–Trinajstić information content (AvgIpc) is 2.73. The third-order valence-corrected chi connectivity index (χ3v) is 6.92. The summed E-state index contributed by atoms with van der Waals surface area (Å²) in [4.78, 5) is 29.6. The minimum atomic E-state index is -3.60. The number of amides is 2. The minimum absolute atomic E-state index is 0.115. The Hall–Kier alpha value is -2.40. The van der Waals surface area contributed by atoms with Crippen LogP contribution in [0.25, 0.3) is 0 Å². The van der Waals surface area contributed by atoms with Crippen molar-refractivity contribution in [1.82, 2.24) is 19.9 Å². The van der Waals surface area contributed by atoms with Gasteiger partial charge in [-0.1, -0.05) is 35.3 Å². The van der Waals surface area contributed by atoms with Crippen LogP contribution in [0.1, 0.15) is 18.1 Å². The molecule has 1 unspecified atom stereocenters. The molecular weight excluding hydrogens is 477 g/mol. The van der Waals surface area contributed by atoms with E-state index >= 15 is 0 Å². The van der Waals surface area contributed by atoms with Gasteiger partial charge in [0.1, 0.15) is 17.9 Å². The highest BCUT2D eigenvalue weighted by atomic mass is 35.5. The standard InChI is InChI=1S/C20H25Cl2N5O4S/c1-12(27(2)32(3,30)31)19(28)26-17(9-13-4-6-15(21)16(22)8-13)20(29)25-11-14-5-7-18(23)24-10-14/h4-8,10,12,17H,9,11H2,1-3H3,(H2,23,24)(H,25,29)(H,26,28)/t12?,17-/m0/s1. The van der Waals surface area contributed by atoms with Crippen LogP contribution < -0.4 is 16.4 Å². The van der Waals surface area contributed by atoms with Gasteiger partial charge in [-0.3, -0.25) is 9.59 Å². The van der Waals surface area contributed by atoms with Crippen molar-refractivity contribution in [3.8, 4) is 0 Å². The van der Waals surface area contributed by atoms with Gasteiger partial charge in [-0.05, 0) is 36.2 Å². The molecule has 174 valence electrons. The van der Waals surface area contributed by atoms with E-state index in [4.69, 9.17) is 28.9 Å². The highest BCUT2D eigenvalue weighted by molar-refractivity contribution is 7.88. The lowest BCUT2D eigenvalue weighted by atomic mass is 10.0. The van der Waals surface area contributed by atoms with E-state index < -0.39 is 33.9 Å². The maximum atomic E-state index is 12.9. The number of nitrogens with one attached hydrogen (secondary N) is 2. The van der Waals surface area contributed by atoms with Gasteiger partial charge in [0.15, 0.2) is 0 Å². The smallest absolute Gasteiger partial charge is 0.243 e. The van der Waals surface area contributed by atoms with Crippen LogP contribution in [0.2, 0.25) is 10.0 Å². The fraction of sp³-hybridized carbons (Fsp3) is 0.350. The van der Waals surface area contributed by atoms with Gasteiger partial charge in [-0.2, -0.15) is 4.31 Å². The number of rotatable bonds is 9. The van der Waals surface area contributed by atoms with Gasteiger partial charge in [-0.15, -0.1) is 0 Å². The first-order valence-corrected chi connectivity index (χ1v) is 12.1. The fourth-order valence-corrected chi connectivity index (χ4v) is 3.70. The van der Waals surface area contributed by atoms with Crippen molar-refractivity contribution in [2.75, 3.05) is 19.0 Å². The molecule has 2 rings (SSSR count). The van der Waals surface area contributed by atoms with Crippen LogP contribution in [0.5, 0.6) is 0 Å². The molecule has 0 radical (unpaired) electrons. The second-order valence-corrected chi connectivity index (χ2v) is 10.1. The molecule has 0 aliphatic rings. The molecule has 4 N–H and O–H groups in total. The van der Waals surface area contributed by atoms with Gasteiger partial charge < -0.3 is 16.4 Å². The number of nitrogens with two attached hydrogens (primary N) is 1. The Kier molecular flexibility index (Phi) is 8.85. The van der Waals surface area contributed by atoms with Gasteiger partial charge in [0.05, 0.1) is 16.3 Å². The van der Waals surface area contributed by atoms with Crippen LogP contribution in [0.4, 0.5) is 5.82 Å². The van der Waals surface area contributed by atoms with E-state index in [1.54, 1.807) is 30.3 Å². The fourth-order valence-electron chi connectivity index (χ4n) is 2.71. The number of benzene rings is 1. The Morgan fingerprint density at radius 2 is 1.78 bits per heavy atom. The molecule has 9 nitrogen and oxygen atoms in total. The van der Waals surface area contributed by atoms with Gasteiger partial charge in [0.25, 0.3) is 0 Å². The molecule has 0 aliphatic heterocycles. The van der Waals surface area contributed by atoms with Crippen LogP contribution in [0.3, 0.4) is 0 Å². The summed E-state index contributed by atoms with van der Waals surface area (Å²) in [6.07, 6.45) is 2.65. The van der Waals surface area contributed by atoms with Crippen molar-refractivity contribution in [3.05, 3.63) is 57.7 Å². The normalized spacial score (nSPS) is 13.4. The van der Waals surface area contributed by atoms with E-state index in [0.29, 0.717) is 21.4 Å². The maximum Gasteiger partial charge on any atom is 0.243 e. The summed E-state index contributed by atoms with van der Waals surface area (Å²) < 4.78 is 24.5. The summed E-state index contributed by atoms with van der Waals surface area (Å²) in [6, 6.07) is 6.21. The molecule has 2 atom stereocenters. The van der Waals surface area contributed by atoms with Gasteiger partial charge >= 0.3 is 0 Å². The summed E-state index contributed by atoms with van der Waals surface area (Å²) in [5, 5.41) is 6.05. The molecule has 2 aromatic rings. The zero-order valence-corrected chi connectivity index (χ0v) is 20.1. The van der Waals surface area contributed by atoms with Gasteiger partial charge in [0, 0.05) is 26.2 Å². The number of carbonyl (C=O) groups is 2. The summed E-state index contributed by atoms with van der Waals surface area (Å²) in [7, 11) is -2.31. The predicted octanol–water partition coefficient (Wildman–Crippen LogP) is 1.59. The van der Waals surface area contributed by atoms with Crippen LogP contribution in [0.15, 0.2) is 36.5 Å². The lowest BCUT2D eigenvalue weighted by Crippen LogP contribution is -2.53. The molecular formula is C20H25Cl2N5O4S. The number of carbonyl (C=O) groups excluding carboxylic acids is 2. The summed E-state index contributed by atoms with van der Waals surface area (Å²) in [6.45, 7) is 1.60. The molecule has 0 bridgehead atoms. The Labute approximate surface area is 197 Å². The van der Waals surface area contributed by atoms with E-state index in [9.17, 15) is 18.0 Å². The third kappa shape index (κ3) is 7.33. The van der Waals surface area contributed by atoms with Crippen LogP contribution in [-0.2, 0) is 32.6 Å². The molecule has 1 heterocycles. The number of halogens is 2. The molecule has 0 aliphatic carbocycles. The lowest BCUT2D eigenvalue weighted by molar-refractivity contribution is -0.130. The van der Waals surface area contributed by atoms with Crippen molar-refractivity contribution < 1.29 is 18.0 Å². The molecule has 12 heteroatoms. The van der Waals surface area contributed by atoms with E-state index in [2.05, 4.69) is 15.6 Å². The monoisotopic (exact) mass is 501 g/mol. The first-order valence-electron chi connectivity index (χ1n) is 9.54. The minimum Gasteiger partial charge on any atom is -0.384 e. The van der Waals surface area contributed by atoms with Crippen LogP contribution in [0, 0.1) is 0 Å². The largest absolute Gasteiger partial charge is 0.384 e. The molecule has 0 fully saturated rings. The molecule has 0 saturated heterocycles. The molecule has 0 saturated carbocycles. The first-order chi connectivity index (χ1) is 14.9. The highest BCUT2D eigenvalue weighted by Gasteiger charge is 2.29. The van der Waals surface area contributed by atoms with Crippen molar-refractivity contribution in [2.45, 2.75) is 32.0 Å². The maximum absolute atomic E-state index is 12.9. The van der Waals surface area contributed by atoms with E-state index in [-0.39, 0.29) is 13.0 Å². The Balaban J connectivity index is 2.18. The first kappa shape index (κ1) is 25.9. The second-order valence-electron chi connectivity index (χ2n) is 7.28. The number of nitrogen functional groups attached to an aromatic ring is 1. The number of aromatic nitrogens is 1. The molecule has 0 spiro atoms. The van der Waals surface area contributed by atoms with Crippen LogP contribution >= 0.6 is 23.2 Å². The number of hydrogen-bond acceptors (Lipinski definition) is 6. The molecule has 1 aromatic heterocycles. The summed E-state index contributed by atoms with van der Waals surface area (Å²) in [5.74, 6) is -0.725. The van der Waals surface area contributed by atoms with E-state index in [0.717, 1.165) is 16.1 Å². The zero-order valence-electron chi connectivity index (χ0n) is 17.8. The summed E-state index contributed by atoms with van der Waals surface area (Å²) >= 11 is 12.0. The van der Waals surface area contributed by atoms with Crippen molar-refractivity contribution in [1.29, 1.82) is 0 Å². The number of sulfonamides is 1.